The lowest BCUT2D eigenvalue weighted by molar-refractivity contribution is 0.0734. The van der Waals surface area contributed by atoms with E-state index in [1.165, 1.54) is 18.3 Å². The van der Waals surface area contributed by atoms with Gasteiger partial charge in [0.25, 0.3) is 5.91 Å². The van der Waals surface area contributed by atoms with Gasteiger partial charge in [-0.15, -0.1) is 0 Å². The number of para-hydroxylation sites is 1. The number of hydrogen-bond acceptors (Lipinski definition) is 4. The first-order valence-corrected chi connectivity index (χ1v) is 11.6. The number of ether oxygens (including phenoxy) is 1. The quantitative estimate of drug-likeness (QED) is 0.116. The van der Waals surface area contributed by atoms with Crippen LogP contribution in [0.4, 0.5) is 4.39 Å². The van der Waals surface area contributed by atoms with Gasteiger partial charge >= 0.3 is 5.97 Å². The second kappa shape index (κ2) is 10.5. The highest BCUT2D eigenvalue weighted by Crippen LogP contribution is 2.37. The van der Waals surface area contributed by atoms with Gasteiger partial charge in [0.1, 0.15) is 17.3 Å². The van der Waals surface area contributed by atoms with Crippen LogP contribution in [-0.4, -0.2) is 23.1 Å². The first kappa shape index (κ1) is 24.0. The number of carbonyl (C=O) groups excluding carboxylic acids is 2. The Morgan fingerprint density at radius 1 is 0.919 bits per heavy atom. The van der Waals surface area contributed by atoms with Gasteiger partial charge in [0.2, 0.25) is 0 Å². The molecule has 0 unspecified atom stereocenters. The number of hydrazone groups is 1. The van der Waals surface area contributed by atoms with E-state index in [9.17, 15) is 14.0 Å². The number of fused-ring (bicyclic) bond motifs is 1. The van der Waals surface area contributed by atoms with Crippen molar-refractivity contribution in [3.05, 3.63) is 125 Å². The van der Waals surface area contributed by atoms with Gasteiger partial charge in [-0.25, -0.2) is 14.6 Å². The Balaban J connectivity index is 1.42. The Kier molecular flexibility index (Phi) is 6.78. The minimum Gasteiger partial charge on any atom is -0.422 e. The summed E-state index contributed by atoms with van der Waals surface area (Å²) < 4.78 is 19.6. The highest BCUT2D eigenvalue weighted by molar-refractivity contribution is 6.34. The molecule has 0 atom stereocenters. The van der Waals surface area contributed by atoms with Gasteiger partial charge in [0.15, 0.2) is 0 Å². The maximum Gasteiger partial charge on any atom is 0.343 e. The van der Waals surface area contributed by atoms with E-state index in [4.69, 9.17) is 16.3 Å². The normalized spacial score (nSPS) is 11.1. The summed E-state index contributed by atoms with van der Waals surface area (Å²) in [6.07, 6.45) is 1.38. The molecule has 0 saturated carbocycles. The van der Waals surface area contributed by atoms with E-state index >= 15 is 0 Å². The summed E-state index contributed by atoms with van der Waals surface area (Å²) >= 11 is 6.41. The number of esters is 1. The third-order valence-electron chi connectivity index (χ3n) is 5.63. The Morgan fingerprint density at radius 2 is 1.65 bits per heavy atom. The molecule has 6 nitrogen and oxygen atoms in total. The molecule has 182 valence electrons. The van der Waals surface area contributed by atoms with Crippen molar-refractivity contribution in [1.29, 1.82) is 0 Å². The number of rotatable bonds is 6. The maximum absolute atomic E-state index is 14.1. The number of nitrogens with one attached hydrogen (secondary N) is 2. The average molecular weight is 512 g/mol. The van der Waals surface area contributed by atoms with E-state index in [2.05, 4.69) is 15.5 Å². The molecule has 0 aliphatic heterocycles. The molecule has 1 aromatic heterocycles. The fourth-order valence-electron chi connectivity index (χ4n) is 3.91. The van der Waals surface area contributed by atoms with Crippen LogP contribution in [0.15, 0.2) is 102 Å². The van der Waals surface area contributed by atoms with Crippen molar-refractivity contribution in [3.63, 3.8) is 0 Å². The minimum absolute atomic E-state index is 0.176. The minimum atomic E-state index is -0.554. The number of amides is 1. The van der Waals surface area contributed by atoms with Gasteiger partial charge < -0.3 is 9.72 Å². The van der Waals surface area contributed by atoms with Crippen molar-refractivity contribution in [2.45, 2.75) is 0 Å². The van der Waals surface area contributed by atoms with E-state index in [1.54, 1.807) is 84.9 Å². The molecule has 0 aliphatic carbocycles. The van der Waals surface area contributed by atoms with Gasteiger partial charge in [0.05, 0.1) is 11.8 Å². The average Bonchev–Trinajstić information content (AvgIpc) is 3.29. The Morgan fingerprint density at radius 3 is 2.46 bits per heavy atom. The summed E-state index contributed by atoms with van der Waals surface area (Å²) in [6.45, 7) is 0. The van der Waals surface area contributed by atoms with Crippen LogP contribution in [0.3, 0.4) is 0 Å². The third-order valence-corrected chi connectivity index (χ3v) is 5.96. The van der Waals surface area contributed by atoms with Crippen LogP contribution in [0.1, 0.15) is 26.4 Å². The molecule has 5 rings (SSSR count). The van der Waals surface area contributed by atoms with Crippen molar-refractivity contribution >= 4 is 40.6 Å². The lowest BCUT2D eigenvalue weighted by Crippen LogP contribution is -2.19. The number of aromatic nitrogens is 1. The van der Waals surface area contributed by atoms with Crippen molar-refractivity contribution in [2.24, 2.45) is 5.10 Å². The molecule has 4 aromatic carbocycles. The molecule has 0 radical (unpaired) electrons. The second-order valence-corrected chi connectivity index (χ2v) is 8.44. The summed E-state index contributed by atoms with van der Waals surface area (Å²) in [6, 6.07) is 26.6. The van der Waals surface area contributed by atoms with Crippen molar-refractivity contribution in [3.8, 4) is 16.9 Å². The van der Waals surface area contributed by atoms with Crippen LogP contribution >= 0.6 is 11.6 Å². The number of nitrogens with zero attached hydrogens (tertiary/aromatic N) is 1. The number of hydrogen-bond donors (Lipinski definition) is 2. The molecule has 8 heteroatoms. The van der Waals surface area contributed by atoms with Gasteiger partial charge in [-0.3, -0.25) is 4.79 Å². The topological polar surface area (TPSA) is 83.5 Å². The predicted molar refractivity (Wildman–Crippen MR) is 142 cm³/mol. The van der Waals surface area contributed by atoms with Crippen molar-refractivity contribution < 1.29 is 18.7 Å². The molecule has 1 amide bonds. The molecule has 0 spiro atoms. The molecule has 0 bridgehead atoms. The molecule has 0 saturated heterocycles. The molecule has 5 aromatic rings. The Labute approximate surface area is 216 Å². The van der Waals surface area contributed by atoms with Gasteiger partial charge in [0, 0.05) is 32.6 Å². The van der Waals surface area contributed by atoms with E-state index in [0.717, 1.165) is 0 Å². The van der Waals surface area contributed by atoms with Crippen molar-refractivity contribution in [2.75, 3.05) is 0 Å². The van der Waals surface area contributed by atoms with Crippen LogP contribution in [0, 0.1) is 5.82 Å². The zero-order valence-corrected chi connectivity index (χ0v) is 20.0. The standard InChI is InChI=1S/C29H19ClFN3O3/c30-23-12-6-5-11-21(23)26-22-16-20(31)14-15-24(22)33-27(26)28(35)34-32-17-19-10-4-7-13-25(19)37-29(36)18-8-2-1-3-9-18/h1-17,33H,(H,34,35). The lowest BCUT2D eigenvalue weighted by atomic mass is 10.0. The largest absolute Gasteiger partial charge is 0.422 e. The number of aromatic amines is 1. The van der Waals surface area contributed by atoms with Gasteiger partial charge in [-0.2, -0.15) is 5.10 Å². The summed E-state index contributed by atoms with van der Waals surface area (Å²) in [5.74, 6) is -1.22. The number of carbonyl (C=O) groups is 2. The predicted octanol–water partition coefficient (Wildman–Crippen LogP) is 6.61. The van der Waals surface area contributed by atoms with E-state index in [0.29, 0.717) is 38.2 Å². The zero-order chi connectivity index (χ0) is 25.8. The van der Waals surface area contributed by atoms with Gasteiger partial charge in [-0.05, 0) is 48.5 Å². The van der Waals surface area contributed by atoms with Crippen LogP contribution in [0.25, 0.3) is 22.0 Å². The smallest absolute Gasteiger partial charge is 0.343 e. The maximum atomic E-state index is 14.1. The highest BCUT2D eigenvalue weighted by Gasteiger charge is 2.21. The molecule has 0 fully saturated rings. The Bertz CT molecular complexity index is 1650. The fraction of sp³-hybridized carbons (Fsp3) is 0. The monoisotopic (exact) mass is 511 g/mol. The van der Waals surface area contributed by atoms with E-state index in [1.807, 2.05) is 0 Å². The fourth-order valence-corrected chi connectivity index (χ4v) is 4.14. The van der Waals surface area contributed by atoms with Crippen molar-refractivity contribution in [1.82, 2.24) is 10.4 Å². The molecular weight excluding hydrogens is 493 g/mol. The van der Waals surface area contributed by atoms with Crippen LogP contribution in [0.2, 0.25) is 5.02 Å². The first-order valence-electron chi connectivity index (χ1n) is 11.3. The number of H-pyrrole nitrogens is 1. The molecular formula is C29H19ClFN3O3. The van der Waals surface area contributed by atoms with Crippen LogP contribution < -0.4 is 10.2 Å². The molecule has 2 N–H and O–H groups in total. The SMILES string of the molecule is O=C(Oc1ccccc1C=NNC(=O)c1[nH]c2ccc(F)cc2c1-c1ccccc1Cl)c1ccccc1. The first-order chi connectivity index (χ1) is 18.0. The highest BCUT2D eigenvalue weighted by atomic mass is 35.5. The summed E-state index contributed by atoms with van der Waals surface area (Å²) in [4.78, 5) is 28.7. The van der Waals surface area contributed by atoms with Gasteiger partial charge in [-0.1, -0.05) is 60.1 Å². The lowest BCUT2D eigenvalue weighted by Gasteiger charge is -2.08. The summed E-state index contributed by atoms with van der Waals surface area (Å²) in [7, 11) is 0. The molecule has 37 heavy (non-hydrogen) atoms. The summed E-state index contributed by atoms with van der Waals surface area (Å²) in [5, 5.41) is 4.99. The molecule has 1 heterocycles. The van der Waals surface area contributed by atoms with E-state index < -0.39 is 17.7 Å². The molecule has 0 aliphatic rings. The van der Waals surface area contributed by atoms with E-state index in [-0.39, 0.29) is 11.4 Å². The number of halogens is 2. The Hall–Kier alpha value is -4.75. The summed E-state index contributed by atoms with van der Waals surface area (Å²) in [5.41, 5.74) is 5.17. The van der Waals surface area contributed by atoms with Crippen LogP contribution in [0.5, 0.6) is 5.75 Å². The second-order valence-electron chi connectivity index (χ2n) is 8.04. The zero-order valence-electron chi connectivity index (χ0n) is 19.2. The number of benzene rings is 4. The third kappa shape index (κ3) is 5.12. The van der Waals surface area contributed by atoms with Crippen LogP contribution in [-0.2, 0) is 0 Å².